The maximum absolute atomic E-state index is 13.7. The zero-order chi connectivity index (χ0) is 21.2. The maximum Gasteiger partial charge on any atom is 0.431 e. The number of hydrogen-bond donors (Lipinski definition) is 1. The highest BCUT2D eigenvalue weighted by Gasteiger charge is 2.45. The zero-order valence-corrected chi connectivity index (χ0v) is 17.0. The first-order valence-electron chi connectivity index (χ1n) is 8.51. The first-order valence-corrected chi connectivity index (χ1v) is 11.0. The number of benzene rings is 1. The first-order chi connectivity index (χ1) is 13.6. The van der Waals surface area contributed by atoms with Gasteiger partial charge in [0.2, 0.25) is 21.9 Å². The number of hydrogen-bond acceptors (Lipinski definition) is 7. The standard InChI is InChI=1S/C17H17F3N4O3S2/c1-3-8-29(25,26)24-15-16(23-12-7-5-4-6-11(12)22-15)27-14(17(18,19)20)13-9-28-10(2)21-13/h4-7,9,14H,3,8H2,1-2H3,(H,22,24). The fourth-order valence-corrected chi connectivity index (χ4v) is 4.20. The molecule has 0 fully saturated rings. The largest absolute Gasteiger partial charge is 0.455 e. The summed E-state index contributed by atoms with van der Waals surface area (Å²) >= 11 is 1.04. The fourth-order valence-electron chi connectivity index (χ4n) is 2.51. The summed E-state index contributed by atoms with van der Waals surface area (Å²) in [5.74, 6) is -1.20. The normalized spacial score (nSPS) is 13.4. The van der Waals surface area contributed by atoms with Crippen molar-refractivity contribution in [3.63, 3.8) is 0 Å². The second-order valence-electron chi connectivity index (χ2n) is 6.12. The van der Waals surface area contributed by atoms with Gasteiger partial charge in [-0.15, -0.1) is 11.3 Å². The van der Waals surface area contributed by atoms with Gasteiger partial charge >= 0.3 is 6.18 Å². The molecule has 0 aliphatic carbocycles. The number of para-hydroxylation sites is 2. The third-order valence-electron chi connectivity index (χ3n) is 3.70. The Balaban J connectivity index is 2.09. The zero-order valence-electron chi connectivity index (χ0n) is 15.4. The van der Waals surface area contributed by atoms with E-state index in [4.69, 9.17) is 4.74 Å². The molecule has 2 aromatic heterocycles. The van der Waals surface area contributed by atoms with Crippen LogP contribution in [0.25, 0.3) is 11.0 Å². The number of alkyl halides is 3. The van der Waals surface area contributed by atoms with E-state index in [-0.39, 0.29) is 17.0 Å². The van der Waals surface area contributed by atoms with Gasteiger partial charge < -0.3 is 4.74 Å². The molecule has 0 aliphatic heterocycles. The highest BCUT2D eigenvalue weighted by Crippen LogP contribution is 2.38. The molecule has 0 saturated carbocycles. The van der Waals surface area contributed by atoms with Gasteiger partial charge in [0, 0.05) is 5.38 Å². The number of nitrogens with one attached hydrogen (secondary N) is 1. The van der Waals surface area contributed by atoms with Crippen molar-refractivity contribution >= 4 is 38.2 Å². The Morgan fingerprint density at radius 1 is 1.17 bits per heavy atom. The van der Waals surface area contributed by atoms with Crippen LogP contribution in [-0.2, 0) is 10.0 Å². The van der Waals surface area contributed by atoms with Crippen LogP contribution >= 0.6 is 11.3 Å². The van der Waals surface area contributed by atoms with Gasteiger partial charge in [0.05, 0.1) is 21.8 Å². The Kier molecular flexibility index (Phi) is 5.94. The Morgan fingerprint density at radius 2 is 1.83 bits per heavy atom. The van der Waals surface area contributed by atoms with Crippen LogP contribution in [0.5, 0.6) is 5.88 Å². The summed E-state index contributed by atoms with van der Waals surface area (Å²) in [6.07, 6.45) is -6.90. The summed E-state index contributed by atoms with van der Waals surface area (Å²) < 4.78 is 72.7. The number of halogens is 3. The molecule has 7 nitrogen and oxygen atoms in total. The van der Waals surface area contributed by atoms with Gasteiger partial charge in [-0.05, 0) is 25.5 Å². The van der Waals surface area contributed by atoms with E-state index in [0.717, 1.165) is 11.3 Å². The predicted octanol–water partition coefficient (Wildman–Crippen LogP) is 4.23. The smallest absolute Gasteiger partial charge is 0.431 e. The van der Waals surface area contributed by atoms with Gasteiger partial charge in [0.25, 0.3) is 5.88 Å². The van der Waals surface area contributed by atoms with E-state index in [2.05, 4.69) is 19.7 Å². The Morgan fingerprint density at radius 3 is 2.38 bits per heavy atom. The molecule has 3 rings (SSSR count). The lowest BCUT2D eigenvalue weighted by atomic mass is 10.2. The number of anilines is 1. The molecule has 0 bridgehead atoms. The van der Waals surface area contributed by atoms with E-state index in [9.17, 15) is 21.6 Å². The van der Waals surface area contributed by atoms with E-state index >= 15 is 0 Å². The van der Waals surface area contributed by atoms with E-state index in [1.165, 1.54) is 11.4 Å². The van der Waals surface area contributed by atoms with Crippen LogP contribution in [0.2, 0.25) is 0 Å². The number of nitrogens with zero attached hydrogens (tertiary/aromatic N) is 3. The number of sulfonamides is 1. The van der Waals surface area contributed by atoms with Crippen molar-refractivity contribution in [2.45, 2.75) is 32.5 Å². The molecule has 1 aromatic carbocycles. The molecule has 1 N–H and O–H groups in total. The fraction of sp³-hybridized carbons (Fsp3) is 0.353. The number of aromatic nitrogens is 3. The molecule has 0 radical (unpaired) electrons. The van der Waals surface area contributed by atoms with Crippen molar-refractivity contribution < 1.29 is 26.3 Å². The third kappa shape index (κ3) is 5.12. The summed E-state index contributed by atoms with van der Waals surface area (Å²) in [7, 11) is -3.83. The van der Waals surface area contributed by atoms with Crippen LogP contribution in [0.3, 0.4) is 0 Å². The Bertz CT molecular complexity index is 1120. The SMILES string of the molecule is CCCS(=O)(=O)Nc1nc2ccccc2nc1OC(c1csc(C)n1)C(F)(F)F. The van der Waals surface area contributed by atoms with Crippen LogP contribution in [0.15, 0.2) is 29.6 Å². The van der Waals surface area contributed by atoms with Gasteiger partial charge in [-0.1, -0.05) is 19.1 Å². The monoisotopic (exact) mass is 446 g/mol. The number of fused-ring (bicyclic) bond motifs is 1. The number of aryl methyl sites for hydroxylation is 1. The second kappa shape index (κ2) is 8.11. The maximum atomic E-state index is 13.7. The van der Waals surface area contributed by atoms with Crippen molar-refractivity contribution in [3.05, 3.63) is 40.3 Å². The molecule has 0 spiro atoms. The number of rotatable bonds is 7. The average Bonchev–Trinajstić information content (AvgIpc) is 3.04. The van der Waals surface area contributed by atoms with E-state index in [1.54, 1.807) is 32.0 Å². The molecule has 156 valence electrons. The summed E-state index contributed by atoms with van der Waals surface area (Å²) in [6, 6.07) is 6.38. The van der Waals surface area contributed by atoms with Crippen LogP contribution in [0.4, 0.5) is 19.0 Å². The van der Waals surface area contributed by atoms with Crippen LogP contribution < -0.4 is 9.46 Å². The molecular formula is C17H17F3N4O3S2. The molecule has 29 heavy (non-hydrogen) atoms. The predicted molar refractivity (Wildman–Crippen MR) is 104 cm³/mol. The average molecular weight is 446 g/mol. The number of ether oxygens (including phenoxy) is 1. The lowest BCUT2D eigenvalue weighted by Gasteiger charge is -2.21. The van der Waals surface area contributed by atoms with Crippen LogP contribution in [-0.4, -0.2) is 35.3 Å². The second-order valence-corrected chi connectivity index (χ2v) is 9.02. The lowest BCUT2D eigenvalue weighted by molar-refractivity contribution is -0.199. The van der Waals surface area contributed by atoms with E-state index in [0.29, 0.717) is 16.9 Å². The van der Waals surface area contributed by atoms with Crippen molar-refractivity contribution in [1.29, 1.82) is 0 Å². The topological polar surface area (TPSA) is 94.1 Å². The van der Waals surface area contributed by atoms with Crippen molar-refractivity contribution in [3.8, 4) is 5.88 Å². The molecule has 0 amide bonds. The van der Waals surface area contributed by atoms with Crippen LogP contribution in [0, 0.1) is 6.92 Å². The van der Waals surface area contributed by atoms with E-state index in [1.807, 2.05) is 0 Å². The minimum absolute atomic E-state index is 0.227. The minimum Gasteiger partial charge on any atom is -0.455 e. The van der Waals surface area contributed by atoms with Crippen molar-refractivity contribution in [2.24, 2.45) is 0 Å². The third-order valence-corrected chi connectivity index (χ3v) is 5.94. The quantitative estimate of drug-likeness (QED) is 0.584. The van der Waals surface area contributed by atoms with Gasteiger partial charge in [0.15, 0.2) is 0 Å². The van der Waals surface area contributed by atoms with Crippen LogP contribution in [0.1, 0.15) is 30.2 Å². The van der Waals surface area contributed by atoms with Crippen molar-refractivity contribution in [1.82, 2.24) is 15.0 Å². The van der Waals surface area contributed by atoms with Gasteiger partial charge in [-0.25, -0.2) is 23.4 Å². The molecule has 3 aromatic rings. The molecule has 0 aliphatic rings. The molecule has 1 unspecified atom stereocenters. The molecule has 0 saturated heterocycles. The highest BCUT2D eigenvalue weighted by molar-refractivity contribution is 7.92. The molecule has 2 heterocycles. The summed E-state index contributed by atoms with van der Waals surface area (Å²) in [5, 5.41) is 1.68. The Hall–Kier alpha value is -2.47. The summed E-state index contributed by atoms with van der Waals surface area (Å²) in [4.78, 5) is 12.0. The first kappa shape index (κ1) is 21.2. The number of thiazole rings is 1. The lowest BCUT2D eigenvalue weighted by Crippen LogP contribution is -2.27. The molecular weight excluding hydrogens is 429 g/mol. The van der Waals surface area contributed by atoms with Gasteiger partial charge in [-0.2, -0.15) is 13.2 Å². The minimum atomic E-state index is -4.80. The van der Waals surface area contributed by atoms with Crippen molar-refractivity contribution in [2.75, 3.05) is 10.5 Å². The Labute approximate surface area is 169 Å². The summed E-state index contributed by atoms with van der Waals surface area (Å²) in [5.41, 5.74) is 0.232. The van der Waals surface area contributed by atoms with E-state index < -0.39 is 34.0 Å². The molecule has 1 atom stereocenters. The van der Waals surface area contributed by atoms with Gasteiger partial charge in [-0.3, -0.25) is 4.72 Å². The summed E-state index contributed by atoms with van der Waals surface area (Å²) in [6.45, 7) is 3.23. The highest BCUT2D eigenvalue weighted by atomic mass is 32.2. The van der Waals surface area contributed by atoms with Gasteiger partial charge in [0.1, 0.15) is 5.69 Å². The molecule has 12 heteroatoms.